The normalized spacial score (nSPS) is 17.8. The summed E-state index contributed by atoms with van der Waals surface area (Å²) in [6.45, 7) is 7.98. The number of anilines is 2. The maximum absolute atomic E-state index is 13.6. The van der Waals surface area contributed by atoms with Crippen molar-refractivity contribution in [1.29, 1.82) is 0 Å². The van der Waals surface area contributed by atoms with Gasteiger partial charge in [-0.2, -0.15) is 0 Å². The highest BCUT2D eigenvalue weighted by Gasteiger charge is 2.48. The van der Waals surface area contributed by atoms with Gasteiger partial charge in [-0.15, -0.1) is 0 Å². The fraction of sp³-hybridized carbons (Fsp3) is 0.400. The molecular weight excluding hydrogens is 1550 g/mol. The first kappa shape index (κ1) is 84.7. The number of aliphatic hydroxyl groups is 2. The molecule has 31 heteroatoms. The number of piperidine rings is 2. The van der Waals surface area contributed by atoms with Gasteiger partial charge in [-0.3, -0.25) is 78.0 Å². The number of carbonyl (C=O) groups excluding carboxylic acids is 11. The van der Waals surface area contributed by atoms with Gasteiger partial charge in [-0.1, -0.05) is 36.4 Å². The van der Waals surface area contributed by atoms with Crippen molar-refractivity contribution < 1.29 is 82.3 Å². The highest BCUT2D eigenvalue weighted by Crippen LogP contribution is 2.40. The van der Waals surface area contributed by atoms with Crippen LogP contribution in [0.4, 0.5) is 11.4 Å². The van der Waals surface area contributed by atoms with Crippen LogP contribution in [0.15, 0.2) is 109 Å². The molecule has 0 spiro atoms. The van der Waals surface area contributed by atoms with E-state index in [1.54, 1.807) is 54.6 Å². The first-order valence-corrected chi connectivity index (χ1v) is 41.7. The lowest BCUT2D eigenvalue weighted by atomic mass is 10.0. The number of rotatable bonds is 31. The van der Waals surface area contributed by atoms with E-state index >= 15 is 0 Å². The number of aliphatic carboxylic acids is 1. The molecule has 2 aromatic heterocycles. The summed E-state index contributed by atoms with van der Waals surface area (Å²) in [5, 5.41) is 48.5. The number of ether oxygens (including phenoxy) is 2. The quantitative estimate of drug-likeness (QED) is 0.0143. The van der Waals surface area contributed by atoms with Crippen LogP contribution in [0.25, 0.3) is 22.5 Å². The van der Waals surface area contributed by atoms with Gasteiger partial charge in [0.2, 0.25) is 29.5 Å². The van der Waals surface area contributed by atoms with Crippen molar-refractivity contribution in [3.05, 3.63) is 199 Å². The first-order valence-electron chi connectivity index (χ1n) is 41.7. The molecule has 2 saturated heterocycles. The average molecular weight is 1650 g/mol. The molecule has 2 unspecified atom stereocenters. The zero-order valence-electron chi connectivity index (χ0n) is 67.7. The van der Waals surface area contributed by atoms with Crippen LogP contribution < -0.4 is 52.4 Å². The molecule has 8 aliphatic rings. The maximum Gasteiger partial charge on any atom is 0.303 e. The number of imide groups is 4. The molecule has 2 aliphatic carbocycles. The Balaban J connectivity index is 0.000000165. The van der Waals surface area contributed by atoms with Crippen LogP contribution in [0.3, 0.4) is 0 Å². The number of nitrogens with one attached hydrogen (secondary N) is 7. The molecule has 16 rings (SSSR count). The molecule has 0 radical (unpaired) electrons. The van der Waals surface area contributed by atoms with Gasteiger partial charge in [0.05, 0.1) is 72.2 Å². The number of fused-ring (bicyclic) bond motifs is 6. The molecule has 12 N–H and O–H groups in total. The summed E-state index contributed by atoms with van der Waals surface area (Å²) in [6, 6.07) is 27.3. The molecule has 2 fully saturated rings. The third-order valence-electron chi connectivity index (χ3n) is 23.5. The summed E-state index contributed by atoms with van der Waals surface area (Å²) < 4.78 is 16.4. The summed E-state index contributed by atoms with van der Waals surface area (Å²) in [4.78, 5) is 161. The number of carboxylic acid groups (broad SMARTS) is 1. The summed E-state index contributed by atoms with van der Waals surface area (Å²) in [5.41, 5.74) is 20.0. The van der Waals surface area contributed by atoms with Crippen LogP contribution in [-0.2, 0) is 80.8 Å². The van der Waals surface area contributed by atoms with E-state index in [0.717, 1.165) is 137 Å². The Morgan fingerprint density at radius 3 is 1.42 bits per heavy atom. The molecule has 4 atom stereocenters. The molecule has 8 heterocycles. The van der Waals surface area contributed by atoms with Crippen LogP contribution >= 0.6 is 0 Å². The van der Waals surface area contributed by atoms with Crippen LogP contribution in [0, 0.1) is 13.8 Å². The van der Waals surface area contributed by atoms with Crippen molar-refractivity contribution in [2.24, 2.45) is 5.73 Å². The van der Waals surface area contributed by atoms with Crippen molar-refractivity contribution in [2.75, 3.05) is 50.0 Å². The SMILES string of the molecule is Cc1c(CO)cc(C(=O)N[C@@H]2CCc3ccc(-c4cn5c(n4)CCC5)cc32)cc1OCCCN.Cc1c(CO)cc(C(=O)N[C@@H]2CCc3ccc(-c4cn5c(n4)CCC5)cc32)cc1OCCCNC(=O)CCCCNc1cccc2c1C(=O)N(C1CCC(=O)NC1=O)C2=O.O=C(O)CCCCNc1cccc2c1C(=O)N(C1CCC(=O)NC1=O)C2=O. The molecule has 31 nitrogen and oxygen atoms in total. The summed E-state index contributed by atoms with van der Waals surface area (Å²) in [6.07, 6.45) is 16.3. The number of nitrogens with zero attached hydrogens (tertiary/aromatic N) is 6. The van der Waals surface area contributed by atoms with Gasteiger partial charge < -0.3 is 66.2 Å². The van der Waals surface area contributed by atoms with Crippen molar-refractivity contribution in [3.8, 4) is 34.0 Å². The molecule has 121 heavy (non-hydrogen) atoms. The van der Waals surface area contributed by atoms with Crippen molar-refractivity contribution in [1.82, 2.24) is 55.5 Å². The Labute approximate surface area is 698 Å². The van der Waals surface area contributed by atoms with Crippen LogP contribution in [-0.4, -0.2) is 167 Å². The number of aryl methyl sites for hydroxylation is 6. The van der Waals surface area contributed by atoms with E-state index in [4.69, 9.17) is 30.3 Å². The van der Waals surface area contributed by atoms with Gasteiger partial charge in [0.1, 0.15) is 35.2 Å². The second kappa shape index (κ2) is 38.1. The van der Waals surface area contributed by atoms with E-state index in [-0.39, 0.29) is 97.4 Å². The fourth-order valence-corrected chi connectivity index (χ4v) is 16.9. The molecule has 6 aromatic carbocycles. The number of aromatic nitrogens is 4. The number of amides is 11. The number of aliphatic hydroxyl groups excluding tert-OH is 2. The van der Waals surface area contributed by atoms with Gasteiger partial charge in [-0.25, -0.2) is 9.97 Å². The monoisotopic (exact) mass is 1650 g/mol. The number of hydrogen-bond acceptors (Lipinski definition) is 21. The standard InChI is InChI=1S/C45H49N7O8.C27H32N4O3.C18H19N3O6/c1-26-30(25-53)21-29(42(56)49-33-14-13-27-11-12-28(22-32(27)33)35-24-51-19-5-9-38(51)48-35)23-37(26)60-20-6-18-47-39(54)10-2-3-17-46-34-8-4-7-31-41(34)45(59)52(44(31)58)36-15-16-40(55)50-43(36)57;1-17-21(16-32)12-20(14-25(17)34-11-3-9-28)27(33)30-23-8-7-18-5-6-19(13-22(18)23)24-15-31-10-2-4-26(31)29-24;22-13-8-7-12(16(25)20-13)21-17(26)10-4-3-5-11(15(10)18(21)27)19-9-2-1-6-14(23)24/h4,7-8,11-12,21-24,33,36,46,53H,2-3,5-6,9-10,13-20,25H2,1H3,(H,47,54)(H,49,56)(H,50,55,57);5-6,12-15,23,32H,2-4,7-11,16,28H2,1H3,(H,30,33);3-5,12,19H,1-2,6-9H2,(H,23,24)(H,20,22,25)/t33-,36?;23-;/m11./s1. The van der Waals surface area contributed by atoms with E-state index in [1.165, 1.54) is 17.2 Å². The molecule has 8 aromatic rings. The fourth-order valence-electron chi connectivity index (χ4n) is 16.9. The van der Waals surface area contributed by atoms with Gasteiger partial charge in [0.15, 0.2) is 0 Å². The molecule has 6 aliphatic heterocycles. The van der Waals surface area contributed by atoms with Gasteiger partial charge >= 0.3 is 5.97 Å². The molecular formula is C90H100N14O17. The minimum Gasteiger partial charge on any atom is -0.493 e. The number of hydrogen-bond donors (Lipinski definition) is 11. The highest BCUT2D eigenvalue weighted by molar-refractivity contribution is 6.26. The smallest absolute Gasteiger partial charge is 0.303 e. The number of unbranched alkanes of at least 4 members (excludes halogenated alkanes) is 2. The second-order valence-electron chi connectivity index (χ2n) is 31.5. The maximum atomic E-state index is 13.6. The van der Waals surface area contributed by atoms with E-state index in [0.29, 0.717) is 123 Å². The molecule has 0 bridgehead atoms. The van der Waals surface area contributed by atoms with Crippen LogP contribution in [0.5, 0.6) is 11.5 Å². The predicted octanol–water partition coefficient (Wildman–Crippen LogP) is 8.48. The van der Waals surface area contributed by atoms with Gasteiger partial charge in [-0.05, 0) is 215 Å². The van der Waals surface area contributed by atoms with Gasteiger partial charge in [0.25, 0.3) is 35.4 Å². The van der Waals surface area contributed by atoms with Gasteiger partial charge in [0, 0.05) is 117 Å². The number of benzene rings is 6. The lowest BCUT2D eigenvalue weighted by Crippen LogP contribution is -2.54. The zero-order valence-corrected chi connectivity index (χ0v) is 67.7. The lowest BCUT2D eigenvalue weighted by Gasteiger charge is -2.27. The Morgan fingerprint density at radius 2 is 0.983 bits per heavy atom. The van der Waals surface area contributed by atoms with E-state index in [1.807, 2.05) is 13.8 Å². The molecule has 632 valence electrons. The molecule has 0 saturated carbocycles. The van der Waals surface area contributed by atoms with Crippen molar-refractivity contribution in [3.63, 3.8) is 0 Å². The van der Waals surface area contributed by atoms with Crippen LogP contribution in [0.1, 0.15) is 233 Å². The van der Waals surface area contributed by atoms with E-state index in [9.17, 15) is 67.7 Å². The highest BCUT2D eigenvalue weighted by atomic mass is 16.5. The number of carboxylic acids is 1. The summed E-state index contributed by atoms with van der Waals surface area (Å²) in [5.74, 6) is -2.41. The van der Waals surface area contributed by atoms with E-state index in [2.05, 4.69) is 95.1 Å². The van der Waals surface area contributed by atoms with E-state index < -0.39 is 65.3 Å². The summed E-state index contributed by atoms with van der Waals surface area (Å²) in [7, 11) is 0. The summed E-state index contributed by atoms with van der Waals surface area (Å²) >= 11 is 0. The Morgan fingerprint density at radius 1 is 0.521 bits per heavy atom. The average Bonchev–Trinajstić information content (AvgIpc) is 1.60. The second-order valence-corrected chi connectivity index (χ2v) is 31.5. The number of imidazole rings is 2. The topological polar surface area (TPSA) is 436 Å². The Bertz CT molecular complexity index is 5370. The largest absolute Gasteiger partial charge is 0.493 e. The predicted molar refractivity (Wildman–Crippen MR) is 444 cm³/mol. The van der Waals surface area contributed by atoms with Crippen LogP contribution in [0.2, 0.25) is 0 Å². The minimum atomic E-state index is -1.04. The Kier molecular flexibility index (Phi) is 26.7. The third kappa shape index (κ3) is 19.0. The zero-order chi connectivity index (χ0) is 85.1. The number of nitrogens with two attached hydrogens (primary N) is 1. The number of carbonyl (C=O) groups is 12. The first-order chi connectivity index (χ1) is 58.6. The van der Waals surface area contributed by atoms with Crippen molar-refractivity contribution in [2.45, 2.75) is 193 Å². The molecule has 11 amide bonds. The lowest BCUT2D eigenvalue weighted by molar-refractivity contribution is -0.138. The minimum absolute atomic E-state index is 0.0476. The third-order valence-corrected chi connectivity index (χ3v) is 23.5. The Hall–Kier alpha value is -12.7. The van der Waals surface area contributed by atoms with Crippen molar-refractivity contribution >= 4 is 82.3 Å².